The highest BCUT2D eigenvalue weighted by Gasteiger charge is 2.30. The van der Waals surface area contributed by atoms with Crippen LogP contribution >= 0.6 is 0 Å². The van der Waals surface area contributed by atoms with Gasteiger partial charge >= 0.3 is 0 Å². The molecule has 4 aromatic heterocycles. The van der Waals surface area contributed by atoms with Crippen LogP contribution < -0.4 is 5.32 Å². The summed E-state index contributed by atoms with van der Waals surface area (Å²) in [5, 5.41) is 22.2. The summed E-state index contributed by atoms with van der Waals surface area (Å²) in [4.78, 5) is 9.25. The van der Waals surface area contributed by atoms with Gasteiger partial charge in [0.1, 0.15) is 5.52 Å². The minimum Gasteiger partial charge on any atom is -0.396 e. The Bertz CT molecular complexity index is 1180. The summed E-state index contributed by atoms with van der Waals surface area (Å²) in [6.07, 6.45) is 9.45. The van der Waals surface area contributed by atoms with Crippen molar-refractivity contribution in [3.63, 3.8) is 0 Å². The highest BCUT2D eigenvalue weighted by atomic mass is 16.3. The monoisotopic (exact) mass is 392 g/mol. The van der Waals surface area contributed by atoms with E-state index in [0.29, 0.717) is 23.6 Å². The van der Waals surface area contributed by atoms with Crippen molar-refractivity contribution >= 4 is 11.3 Å². The van der Waals surface area contributed by atoms with E-state index >= 15 is 0 Å². The molecule has 4 heterocycles. The number of hydrogen-bond acceptors (Lipinski definition) is 6. The van der Waals surface area contributed by atoms with Gasteiger partial charge in [0.2, 0.25) is 5.82 Å². The Balaban J connectivity index is 1.64. The number of aryl methyl sites for hydroxylation is 3. The zero-order valence-electron chi connectivity index (χ0n) is 16.7. The van der Waals surface area contributed by atoms with Gasteiger partial charge in [-0.05, 0) is 37.3 Å². The molecule has 1 saturated carbocycles. The third kappa shape index (κ3) is 2.98. The standard InChI is InChI=1S/C20H24N8O/c1-12-15(16-4-6-27(3)24-16)10-28-17(12)18(22-14-8-13(9-14)11-29)23-19(25-28)20-21-5-7-26(20)2/h4-7,10,13-14,29H,8-9,11H2,1-3H3,(H,22,23,25). The fraction of sp³-hybridized carbons (Fsp3) is 0.400. The molecule has 4 aromatic rings. The first-order valence-electron chi connectivity index (χ1n) is 9.78. The molecule has 0 unspecified atom stereocenters. The average Bonchev–Trinajstić information content (AvgIpc) is 3.36. The van der Waals surface area contributed by atoms with Crippen molar-refractivity contribution in [1.82, 2.24) is 33.9 Å². The Hall–Kier alpha value is -3.20. The van der Waals surface area contributed by atoms with E-state index in [2.05, 4.69) is 22.3 Å². The topological polar surface area (TPSA) is 98.1 Å². The second-order valence-electron chi connectivity index (χ2n) is 7.84. The third-order valence-electron chi connectivity index (χ3n) is 5.73. The molecular weight excluding hydrogens is 368 g/mol. The van der Waals surface area contributed by atoms with Crippen molar-refractivity contribution in [3.8, 4) is 22.9 Å². The summed E-state index contributed by atoms with van der Waals surface area (Å²) in [6.45, 7) is 2.31. The number of aliphatic hydroxyl groups is 1. The van der Waals surface area contributed by atoms with Crippen molar-refractivity contribution in [2.75, 3.05) is 11.9 Å². The van der Waals surface area contributed by atoms with Crippen molar-refractivity contribution in [1.29, 1.82) is 0 Å². The molecule has 0 saturated heterocycles. The molecule has 0 radical (unpaired) electrons. The molecule has 29 heavy (non-hydrogen) atoms. The summed E-state index contributed by atoms with van der Waals surface area (Å²) in [7, 11) is 3.84. The van der Waals surface area contributed by atoms with Gasteiger partial charge in [-0.15, -0.1) is 5.10 Å². The number of anilines is 1. The molecule has 9 nitrogen and oxygen atoms in total. The molecule has 9 heteroatoms. The predicted molar refractivity (Wildman–Crippen MR) is 109 cm³/mol. The maximum atomic E-state index is 9.34. The van der Waals surface area contributed by atoms with Gasteiger partial charge in [-0.25, -0.2) is 14.5 Å². The lowest BCUT2D eigenvalue weighted by molar-refractivity contribution is 0.151. The van der Waals surface area contributed by atoms with Crippen molar-refractivity contribution in [2.24, 2.45) is 20.0 Å². The summed E-state index contributed by atoms with van der Waals surface area (Å²) in [5.74, 6) is 2.44. The molecule has 1 aliphatic carbocycles. The van der Waals surface area contributed by atoms with Crippen LogP contribution in [0.4, 0.5) is 5.82 Å². The zero-order chi connectivity index (χ0) is 20.1. The third-order valence-corrected chi connectivity index (χ3v) is 5.73. The Morgan fingerprint density at radius 2 is 2.03 bits per heavy atom. The summed E-state index contributed by atoms with van der Waals surface area (Å²) in [6, 6.07) is 2.30. The van der Waals surface area contributed by atoms with E-state index < -0.39 is 0 Å². The largest absolute Gasteiger partial charge is 0.396 e. The van der Waals surface area contributed by atoms with Crippen molar-refractivity contribution in [3.05, 3.63) is 36.4 Å². The minimum absolute atomic E-state index is 0.240. The average molecular weight is 392 g/mol. The molecule has 5 rings (SSSR count). The Kier molecular flexibility index (Phi) is 4.13. The predicted octanol–water partition coefficient (Wildman–Crippen LogP) is 2.02. The first-order chi connectivity index (χ1) is 14.0. The summed E-state index contributed by atoms with van der Waals surface area (Å²) >= 11 is 0. The van der Waals surface area contributed by atoms with Gasteiger partial charge < -0.3 is 15.0 Å². The number of rotatable bonds is 5. The molecule has 0 aliphatic heterocycles. The molecule has 2 N–H and O–H groups in total. The number of nitrogens with zero attached hydrogens (tertiary/aromatic N) is 7. The Morgan fingerprint density at radius 3 is 2.69 bits per heavy atom. The lowest BCUT2D eigenvalue weighted by Crippen LogP contribution is -2.37. The van der Waals surface area contributed by atoms with Gasteiger partial charge in [-0.2, -0.15) is 5.10 Å². The second-order valence-corrected chi connectivity index (χ2v) is 7.84. The zero-order valence-corrected chi connectivity index (χ0v) is 16.7. The van der Waals surface area contributed by atoms with E-state index in [9.17, 15) is 5.11 Å². The lowest BCUT2D eigenvalue weighted by atomic mass is 9.81. The summed E-state index contributed by atoms with van der Waals surface area (Å²) < 4.78 is 5.58. The van der Waals surface area contributed by atoms with Crippen LogP contribution in [-0.2, 0) is 14.1 Å². The molecule has 150 valence electrons. The van der Waals surface area contributed by atoms with Gasteiger partial charge in [-0.3, -0.25) is 4.68 Å². The van der Waals surface area contributed by atoms with Gasteiger partial charge in [0.25, 0.3) is 0 Å². The first kappa shape index (κ1) is 17.9. The fourth-order valence-electron chi connectivity index (χ4n) is 4.02. The van der Waals surface area contributed by atoms with Crippen LogP contribution in [0.25, 0.3) is 28.4 Å². The second kappa shape index (κ2) is 6.70. The van der Waals surface area contributed by atoms with E-state index in [0.717, 1.165) is 41.0 Å². The van der Waals surface area contributed by atoms with Gasteiger partial charge in [-0.1, -0.05) is 0 Å². The van der Waals surface area contributed by atoms with E-state index in [1.165, 1.54) is 0 Å². The highest BCUT2D eigenvalue weighted by Crippen LogP contribution is 2.34. The van der Waals surface area contributed by atoms with Crippen LogP contribution in [-0.4, -0.2) is 51.7 Å². The number of imidazole rings is 1. The smallest absolute Gasteiger partial charge is 0.218 e. The van der Waals surface area contributed by atoms with E-state index in [1.807, 2.05) is 47.8 Å². The highest BCUT2D eigenvalue weighted by molar-refractivity contribution is 5.82. The number of nitrogens with one attached hydrogen (secondary N) is 1. The SMILES string of the molecule is Cc1c(-c2ccn(C)n2)cn2nc(-c3nccn3C)nc(NC3CC(CO)C3)c12. The van der Waals surface area contributed by atoms with Crippen LogP contribution in [0.5, 0.6) is 0 Å². The van der Waals surface area contributed by atoms with Gasteiger partial charge in [0, 0.05) is 57.1 Å². The van der Waals surface area contributed by atoms with Crippen LogP contribution in [0.3, 0.4) is 0 Å². The minimum atomic E-state index is 0.240. The number of hydrogen-bond donors (Lipinski definition) is 2. The Morgan fingerprint density at radius 1 is 1.21 bits per heavy atom. The molecule has 0 amide bonds. The first-order valence-corrected chi connectivity index (χ1v) is 9.78. The quantitative estimate of drug-likeness (QED) is 0.539. The molecule has 0 spiro atoms. The number of fused-ring (bicyclic) bond motifs is 1. The van der Waals surface area contributed by atoms with E-state index in [4.69, 9.17) is 10.1 Å². The van der Waals surface area contributed by atoms with E-state index in [1.54, 1.807) is 10.9 Å². The molecule has 0 bridgehead atoms. The molecule has 0 atom stereocenters. The molecular formula is C20H24N8O. The van der Waals surface area contributed by atoms with Crippen LogP contribution in [0.1, 0.15) is 18.4 Å². The van der Waals surface area contributed by atoms with Crippen molar-refractivity contribution < 1.29 is 5.11 Å². The van der Waals surface area contributed by atoms with Crippen LogP contribution in [0, 0.1) is 12.8 Å². The number of aromatic nitrogens is 7. The maximum absolute atomic E-state index is 9.34. The normalized spacial score (nSPS) is 18.9. The van der Waals surface area contributed by atoms with Gasteiger partial charge in [0.05, 0.1) is 5.69 Å². The molecule has 1 aliphatic rings. The number of aliphatic hydroxyl groups excluding tert-OH is 1. The summed E-state index contributed by atoms with van der Waals surface area (Å²) in [5.41, 5.74) is 3.96. The fourth-order valence-corrected chi connectivity index (χ4v) is 4.02. The van der Waals surface area contributed by atoms with Gasteiger partial charge in [0.15, 0.2) is 11.6 Å². The Labute approximate surface area is 168 Å². The van der Waals surface area contributed by atoms with E-state index in [-0.39, 0.29) is 6.61 Å². The maximum Gasteiger partial charge on any atom is 0.218 e. The van der Waals surface area contributed by atoms with Crippen molar-refractivity contribution in [2.45, 2.75) is 25.8 Å². The molecule has 1 fully saturated rings. The lowest BCUT2D eigenvalue weighted by Gasteiger charge is -2.35. The van der Waals surface area contributed by atoms with Crippen LogP contribution in [0.15, 0.2) is 30.9 Å². The van der Waals surface area contributed by atoms with Crippen LogP contribution in [0.2, 0.25) is 0 Å². The molecule has 0 aromatic carbocycles.